The molecule has 2 aliphatic rings. The van der Waals surface area contributed by atoms with Crippen molar-refractivity contribution in [2.45, 2.75) is 46.3 Å². The Morgan fingerprint density at radius 3 is 2.62 bits per heavy atom. The van der Waals surface area contributed by atoms with Gasteiger partial charge in [-0.1, -0.05) is 0 Å². The molecule has 146 valence electrons. The fourth-order valence-corrected chi connectivity index (χ4v) is 3.67. The number of ether oxygens (including phenoxy) is 2. The van der Waals surface area contributed by atoms with Crippen molar-refractivity contribution in [2.24, 2.45) is 0 Å². The topological polar surface area (TPSA) is 59.8 Å². The Hall–Kier alpha value is -1.44. The van der Waals surface area contributed by atoms with Gasteiger partial charge in [-0.3, -0.25) is 14.4 Å². The molecule has 1 aromatic heterocycles. The first-order valence-corrected chi connectivity index (χ1v) is 9.74. The van der Waals surface area contributed by atoms with E-state index in [1.54, 1.807) is 0 Å². The summed E-state index contributed by atoms with van der Waals surface area (Å²) in [7, 11) is 0. The van der Waals surface area contributed by atoms with E-state index >= 15 is 0 Å². The maximum atomic E-state index is 12.8. The molecule has 3 heterocycles. The van der Waals surface area contributed by atoms with E-state index < -0.39 is 0 Å². The molecule has 1 atom stereocenters. The van der Waals surface area contributed by atoms with Gasteiger partial charge in [0.15, 0.2) is 0 Å². The molecule has 2 saturated heterocycles. The molecule has 7 heteroatoms. The van der Waals surface area contributed by atoms with Crippen molar-refractivity contribution in [1.82, 2.24) is 19.6 Å². The lowest BCUT2D eigenvalue weighted by molar-refractivity contribution is -0.132. The normalized spacial score (nSPS) is 22.4. The highest BCUT2D eigenvalue weighted by atomic mass is 16.5. The van der Waals surface area contributed by atoms with E-state index in [0.717, 1.165) is 63.8 Å². The minimum Gasteiger partial charge on any atom is -0.379 e. The molecule has 0 spiro atoms. The van der Waals surface area contributed by atoms with Crippen LogP contribution in [0.5, 0.6) is 0 Å². The first kappa shape index (κ1) is 19.3. The number of hydrogen-bond donors (Lipinski definition) is 0. The Morgan fingerprint density at radius 2 is 1.92 bits per heavy atom. The number of amides is 1. The zero-order valence-corrected chi connectivity index (χ0v) is 16.4. The summed E-state index contributed by atoms with van der Waals surface area (Å²) < 4.78 is 13.4. The number of rotatable bonds is 5. The largest absolute Gasteiger partial charge is 0.379 e. The number of aromatic nitrogens is 2. The second kappa shape index (κ2) is 8.97. The predicted octanol–water partition coefficient (Wildman–Crippen LogP) is 1.15. The molecular formula is C19H32N4O3. The molecular weight excluding hydrogens is 332 g/mol. The monoisotopic (exact) mass is 364 g/mol. The van der Waals surface area contributed by atoms with Crippen LogP contribution >= 0.6 is 0 Å². The summed E-state index contributed by atoms with van der Waals surface area (Å²) in [5, 5.41) is 4.54. The maximum absolute atomic E-state index is 12.8. The molecule has 3 rings (SSSR count). The van der Waals surface area contributed by atoms with Gasteiger partial charge in [0.2, 0.25) is 5.91 Å². The SMILES string of the molecule is Cc1nn(CCC(=O)N2CCCO[C@@H](CN3CCOCC3)C2)c(C)c1C. The average Bonchev–Trinajstić information content (AvgIpc) is 2.83. The average molecular weight is 364 g/mol. The van der Waals surface area contributed by atoms with Crippen molar-refractivity contribution in [3.63, 3.8) is 0 Å². The fourth-order valence-electron chi connectivity index (χ4n) is 3.67. The molecule has 0 N–H and O–H groups in total. The van der Waals surface area contributed by atoms with E-state index in [-0.39, 0.29) is 12.0 Å². The third-order valence-corrected chi connectivity index (χ3v) is 5.55. The third-order valence-electron chi connectivity index (χ3n) is 5.55. The first-order chi connectivity index (χ1) is 12.5. The highest BCUT2D eigenvalue weighted by Crippen LogP contribution is 2.13. The highest BCUT2D eigenvalue weighted by Gasteiger charge is 2.25. The lowest BCUT2D eigenvalue weighted by atomic mass is 10.2. The molecule has 7 nitrogen and oxygen atoms in total. The van der Waals surface area contributed by atoms with Crippen LogP contribution in [0.2, 0.25) is 0 Å². The molecule has 0 radical (unpaired) electrons. The molecule has 1 amide bonds. The summed E-state index contributed by atoms with van der Waals surface area (Å²) >= 11 is 0. The van der Waals surface area contributed by atoms with E-state index in [1.807, 2.05) is 16.5 Å². The molecule has 2 fully saturated rings. The first-order valence-electron chi connectivity index (χ1n) is 9.74. The van der Waals surface area contributed by atoms with Gasteiger partial charge in [0.25, 0.3) is 0 Å². The van der Waals surface area contributed by atoms with Crippen molar-refractivity contribution in [3.8, 4) is 0 Å². The van der Waals surface area contributed by atoms with Crippen LogP contribution in [0.15, 0.2) is 0 Å². The van der Waals surface area contributed by atoms with E-state index in [4.69, 9.17) is 9.47 Å². The lowest BCUT2D eigenvalue weighted by Gasteiger charge is -2.31. The van der Waals surface area contributed by atoms with Crippen molar-refractivity contribution in [3.05, 3.63) is 17.0 Å². The third kappa shape index (κ3) is 4.84. The maximum Gasteiger partial charge on any atom is 0.224 e. The smallest absolute Gasteiger partial charge is 0.224 e. The van der Waals surface area contributed by atoms with Gasteiger partial charge >= 0.3 is 0 Å². The Bertz CT molecular complexity index is 610. The quantitative estimate of drug-likeness (QED) is 0.784. The van der Waals surface area contributed by atoms with Crippen LogP contribution < -0.4 is 0 Å². The molecule has 2 aliphatic heterocycles. The fraction of sp³-hybridized carbons (Fsp3) is 0.789. The van der Waals surface area contributed by atoms with Crippen molar-refractivity contribution >= 4 is 5.91 Å². The van der Waals surface area contributed by atoms with E-state index in [1.165, 1.54) is 5.56 Å². The Balaban J connectivity index is 1.52. The van der Waals surface area contributed by atoms with Crippen molar-refractivity contribution < 1.29 is 14.3 Å². The van der Waals surface area contributed by atoms with Crippen molar-refractivity contribution in [2.75, 3.05) is 52.5 Å². The molecule has 1 aromatic rings. The van der Waals surface area contributed by atoms with Crippen LogP contribution in [0.4, 0.5) is 0 Å². The molecule has 0 unspecified atom stereocenters. The number of nitrogens with zero attached hydrogens (tertiary/aromatic N) is 4. The Kier molecular flexibility index (Phi) is 6.67. The Morgan fingerprint density at radius 1 is 1.15 bits per heavy atom. The van der Waals surface area contributed by atoms with Gasteiger partial charge in [0, 0.05) is 58.0 Å². The van der Waals surface area contributed by atoms with Gasteiger partial charge in [-0.05, 0) is 32.8 Å². The van der Waals surface area contributed by atoms with Gasteiger partial charge in [0.05, 0.1) is 25.0 Å². The van der Waals surface area contributed by atoms with Gasteiger partial charge in [-0.2, -0.15) is 5.10 Å². The molecule has 0 saturated carbocycles. The van der Waals surface area contributed by atoms with Gasteiger partial charge in [-0.25, -0.2) is 0 Å². The molecule has 0 aliphatic carbocycles. The highest BCUT2D eigenvalue weighted by molar-refractivity contribution is 5.76. The lowest BCUT2D eigenvalue weighted by Crippen LogP contribution is -2.46. The number of morpholine rings is 1. The van der Waals surface area contributed by atoms with Gasteiger partial charge in [0.1, 0.15) is 0 Å². The number of carbonyl (C=O) groups excluding carboxylic acids is 1. The van der Waals surface area contributed by atoms with Crippen LogP contribution in [-0.4, -0.2) is 84.1 Å². The summed E-state index contributed by atoms with van der Waals surface area (Å²) in [5.41, 5.74) is 3.41. The van der Waals surface area contributed by atoms with Gasteiger partial charge in [-0.15, -0.1) is 0 Å². The van der Waals surface area contributed by atoms with Crippen molar-refractivity contribution in [1.29, 1.82) is 0 Å². The summed E-state index contributed by atoms with van der Waals surface area (Å²) in [6.07, 6.45) is 1.49. The molecule has 0 aromatic carbocycles. The second-order valence-corrected chi connectivity index (χ2v) is 7.37. The summed E-state index contributed by atoms with van der Waals surface area (Å²) in [6.45, 7) is 13.4. The van der Waals surface area contributed by atoms with E-state index in [0.29, 0.717) is 19.5 Å². The van der Waals surface area contributed by atoms with E-state index in [9.17, 15) is 4.79 Å². The summed E-state index contributed by atoms with van der Waals surface area (Å²) in [5.74, 6) is 0.202. The molecule has 26 heavy (non-hydrogen) atoms. The molecule has 0 bridgehead atoms. The Labute approximate surface area is 156 Å². The van der Waals surface area contributed by atoms with E-state index in [2.05, 4.69) is 23.8 Å². The number of carbonyl (C=O) groups is 1. The predicted molar refractivity (Wildman–Crippen MR) is 99.3 cm³/mol. The van der Waals surface area contributed by atoms with Crippen LogP contribution in [-0.2, 0) is 20.8 Å². The van der Waals surface area contributed by atoms with Crippen LogP contribution in [0.25, 0.3) is 0 Å². The number of aryl methyl sites for hydroxylation is 2. The minimum atomic E-state index is 0.0930. The second-order valence-electron chi connectivity index (χ2n) is 7.37. The van der Waals surface area contributed by atoms with Gasteiger partial charge < -0.3 is 14.4 Å². The zero-order chi connectivity index (χ0) is 18.5. The minimum absolute atomic E-state index is 0.0930. The summed E-state index contributed by atoms with van der Waals surface area (Å²) in [4.78, 5) is 17.1. The number of hydrogen-bond acceptors (Lipinski definition) is 5. The van der Waals surface area contributed by atoms with Crippen LogP contribution in [0, 0.1) is 20.8 Å². The summed E-state index contributed by atoms with van der Waals surface area (Å²) in [6, 6.07) is 0. The standard InChI is InChI=1S/C19H32N4O3/c1-15-16(2)20-23(17(15)3)7-5-19(24)22-6-4-10-26-18(14-22)13-21-8-11-25-12-9-21/h18H,4-14H2,1-3H3/t18-/m0/s1. The zero-order valence-electron chi connectivity index (χ0n) is 16.4. The van der Waals surface area contributed by atoms with Crippen LogP contribution in [0.1, 0.15) is 29.8 Å². The van der Waals surface area contributed by atoms with Crippen LogP contribution in [0.3, 0.4) is 0 Å².